The molecule has 1 aromatic rings. The van der Waals surface area contributed by atoms with Crippen molar-refractivity contribution in [2.45, 2.75) is 13.8 Å². The molecule has 1 aromatic carbocycles. The fourth-order valence-corrected chi connectivity index (χ4v) is 1.67. The lowest BCUT2D eigenvalue weighted by molar-refractivity contribution is -0.146. The molecule has 3 N–H and O–H groups in total. The van der Waals surface area contributed by atoms with Crippen LogP contribution in [-0.4, -0.2) is 23.7 Å². The van der Waals surface area contributed by atoms with E-state index in [1.807, 2.05) is 0 Å². The van der Waals surface area contributed by atoms with Crippen LogP contribution in [0.2, 0.25) is 10.0 Å². The predicted molar refractivity (Wildman–Crippen MR) is 74.9 cm³/mol. The molecule has 0 fully saturated rings. The highest BCUT2D eigenvalue weighted by Crippen LogP contribution is 2.27. The van der Waals surface area contributed by atoms with Crippen LogP contribution in [0.15, 0.2) is 12.1 Å². The Hall–Kier alpha value is -1.53. The first-order valence-electron chi connectivity index (χ1n) is 5.56. The normalized spacial score (nSPS) is 11.1. The maximum atomic E-state index is 13.2. The minimum absolute atomic E-state index is 0.0726. The van der Waals surface area contributed by atoms with Crippen molar-refractivity contribution in [3.8, 4) is 0 Å². The molecular weight excluding hydrogens is 310 g/mol. The lowest BCUT2D eigenvalue weighted by Crippen LogP contribution is -2.40. The first-order chi connectivity index (χ1) is 9.13. The highest BCUT2D eigenvalue weighted by atomic mass is 35.5. The molecule has 0 saturated heterocycles. The summed E-state index contributed by atoms with van der Waals surface area (Å²) in [5.41, 5.74) is -0.901. The smallest absolute Gasteiger partial charge is 0.319 e. The Balaban J connectivity index is 2.66. The van der Waals surface area contributed by atoms with Crippen LogP contribution in [0.1, 0.15) is 13.8 Å². The number of hydrogen-bond donors (Lipinski definition) is 3. The number of carboxylic acids is 1. The molecule has 0 bridgehead atoms. The molecule has 0 aliphatic carbocycles. The molecule has 0 spiro atoms. The van der Waals surface area contributed by atoms with Gasteiger partial charge in [-0.1, -0.05) is 23.2 Å². The number of halogens is 3. The molecule has 5 nitrogen and oxygen atoms in total. The van der Waals surface area contributed by atoms with Crippen LogP contribution >= 0.6 is 23.2 Å². The Morgan fingerprint density at radius 2 is 1.80 bits per heavy atom. The third-order valence-electron chi connectivity index (χ3n) is 2.51. The zero-order valence-corrected chi connectivity index (χ0v) is 12.3. The predicted octanol–water partition coefficient (Wildman–Crippen LogP) is 3.36. The number of benzene rings is 1. The van der Waals surface area contributed by atoms with Gasteiger partial charge in [0.1, 0.15) is 0 Å². The van der Waals surface area contributed by atoms with E-state index in [1.54, 1.807) is 0 Å². The molecule has 2 amide bonds. The summed E-state index contributed by atoms with van der Waals surface area (Å²) in [6.45, 7) is 2.87. The summed E-state index contributed by atoms with van der Waals surface area (Å²) in [5, 5.41) is 13.2. The Bertz CT molecular complexity index is 526. The Morgan fingerprint density at radius 3 is 2.25 bits per heavy atom. The van der Waals surface area contributed by atoms with Crippen molar-refractivity contribution in [2.75, 3.05) is 11.9 Å². The average Bonchev–Trinajstić information content (AvgIpc) is 2.33. The number of amides is 2. The van der Waals surface area contributed by atoms with Gasteiger partial charge < -0.3 is 15.7 Å². The topological polar surface area (TPSA) is 78.4 Å². The van der Waals surface area contributed by atoms with Crippen LogP contribution in [0.4, 0.5) is 14.9 Å². The highest BCUT2D eigenvalue weighted by molar-refractivity contribution is 6.35. The summed E-state index contributed by atoms with van der Waals surface area (Å²) in [6, 6.07) is 1.76. The van der Waals surface area contributed by atoms with Crippen molar-refractivity contribution in [3.05, 3.63) is 28.0 Å². The van der Waals surface area contributed by atoms with Crippen LogP contribution in [0.5, 0.6) is 0 Å². The van der Waals surface area contributed by atoms with E-state index in [2.05, 4.69) is 10.6 Å². The van der Waals surface area contributed by atoms with Crippen LogP contribution in [0, 0.1) is 11.2 Å². The van der Waals surface area contributed by atoms with Crippen molar-refractivity contribution >= 4 is 40.9 Å². The second kappa shape index (κ2) is 6.28. The summed E-state index contributed by atoms with van der Waals surface area (Å²) in [4.78, 5) is 22.5. The van der Waals surface area contributed by atoms with Crippen molar-refractivity contribution in [1.82, 2.24) is 5.32 Å². The van der Waals surface area contributed by atoms with Crippen molar-refractivity contribution in [3.63, 3.8) is 0 Å². The summed E-state index contributed by atoms with van der Waals surface area (Å²) in [6.07, 6.45) is 0. The molecular formula is C12H13Cl2FN2O3. The number of aliphatic carboxylic acids is 1. The fourth-order valence-electron chi connectivity index (χ4n) is 1.18. The van der Waals surface area contributed by atoms with Gasteiger partial charge in [0.2, 0.25) is 0 Å². The lowest BCUT2D eigenvalue weighted by atomic mass is 9.94. The second-order valence-corrected chi connectivity index (χ2v) is 5.56. The van der Waals surface area contributed by atoms with Gasteiger partial charge in [-0.2, -0.15) is 0 Å². The quantitative estimate of drug-likeness (QED) is 0.744. The van der Waals surface area contributed by atoms with Gasteiger partial charge in [-0.05, 0) is 26.0 Å². The maximum absolute atomic E-state index is 13.2. The SMILES string of the molecule is CC(C)(CNC(=O)Nc1cc(Cl)c(F)c(Cl)c1)C(=O)O. The number of urea groups is 1. The van der Waals surface area contributed by atoms with Gasteiger partial charge in [-0.3, -0.25) is 4.79 Å². The number of anilines is 1. The number of nitrogens with one attached hydrogen (secondary N) is 2. The van der Waals surface area contributed by atoms with Gasteiger partial charge >= 0.3 is 12.0 Å². The van der Waals surface area contributed by atoms with Crippen molar-refractivity contribution in [1.29, 1.82) is 0 Å². The van der Waals surface area contributed by atoms with E-state index in [0.717, 1.165) is 0 Å². The molecule has 0 saturated carbocycles. The van der Waals surface area contributed by atoms with Crippen LogP contribution < -0.4 is 10.6 Å². The molecule has 1 rings (SSSR count). The van der Waals surface area contributed by atoms with E-state index in [1.165, 1.54) is 26.0 Å². The standard InChI is InChI=1S/C12H13Cl2FN2O3/c1-12(2,10(18)19)5-16-11(20)17-6-3-7(13)9(15)8(14)4-6/h3-4H,5H2,1-2H3,(H,18,19)(H2,16,17,20). The van der Waals surface area contributed by atoms with Crippen molar-refractivity contribution in [2.24, 2.45) is 5.41 Å². The van der Waals surface area contributed by atoms with Gasteiger partial charge in [0, 0.05) is 12.2 Å². The second-order valence-electron chi connectivity index (χ2n) is 4.75. The van der Waals surface area contributed by atoms with Gasteiger partial charge in [0.25, 0.3) is 0 Å². The molecule has 8 heteroatoms. The molecule has 0 unspecified atom stereocenters. The largest absolute Gasteiger partial charge is 0.481 e. The monoisotopic (exact) mass is 322 g/mol. The zero-order valence-electron chi connectivity index (χ0n) is 10.8. The van der Waals surface area contributed by atoms with Crippen molar-refractivity contribution < 1.29 is 19.1 Å². The molecule has 0 atom stereocenters. The lowest BCUT2D eigenvalue weighted by Gasteiger charge is -2.19. The van der Waals surface area contributed by atoms with Gasteiger partial charge in [-0.15, -0.1) is 0 Å². The zero-order chi connectivity index (χ0) is 15.5. The molecule has 110 valence electrons. The fraction of sp³-hybridized carbons (Fsp3) is 0.333. The molecule has 0 aliphatic rings. The minimum Gasteiger partial charge on any atom is -0.481 e. The first-order valence-corrected chi connectivity index (χ1v) is 6.32. The third kappa shape index (κ3) is 4.25. The summed E-state index contributed by atoms with van der Waals surface area (Å²) >= 11 is 11.2. The van der Waals surface area contributed by atoms with Crippen LogP contribution in [0.25, 0.3) is 0 Å². The Kier molecular flexibility index (Phi) is 5.19. The molecule has 0 heterocycles. The Morgan fingerprint density at radius 1 is 1.30 bits per heavy atom. The third-order valence-corrected chi connectivity index (χ3v) is 3.06. The van der Waals surface area contributed by atoms with E-state index in [0.29, 0.717) is 0 Å². The number of hydrogen-bond acceptors (Lipinski definition) is 2. The van der Waals surface area contributed by atoms with Crippen LogP contribution in [-0.2, 0) is 4.79 Å². The van der Waals surface area contributed by atoms with E-state index in [4.69, 9.17) is 28.3 Å². The molecule has 0 radical (unpaired) electrons. The Labute approximate surface area is 125 Å². The van der Waals surface area contributed by atoms with Gasteiger partial charge in [0.05, 0.1) is 15.5 Å². The molecule has 0 aromatic heterocycles. The summed E-state index contributed by atoms with van der Waals surface area (Å²) in [5.74, 6) is -1.81. The van der Waals surface area contributed by atoms with E-state index in [-0.39, 0.29) is 22.3 Å². The van der Waals surface area contributed by atoms with E-state index >= 15 is 0 Å². The molecule has 0 aliphatic heterocycles. The first kappa shape index (κ1) is 16.5. The van der Waals surface area contributed by atoms with Gasteiger partial charge in [-0.25, -0.2) is 9.18 Å². The number of rotatable bonds is 4. The highest BCUT2D eigenvalue weighted by Gasteiger charge is 2.27. The van der Waals surface area contributed by atoms with E-state index < -0.39 is 23.2 Å². The maximum Gasteiger partial charge on any atom is 0.319 e. The van der Waals surface area contributed by atoms with Gasteiger partial charge in [0.15, 0.2) is 5.82 Å². The summed E-state index contributed by atoms with van der Waals surface area (Å²) < 4.78 is 13.2. The number of carbonyl (C=O) groups excluding carboxylic acids is 1. The minimum atomic E-state index is -1.10. The summed E-state index contributed by atoms with van der Waals surface area (Å²) in [7, 11) is 0. The van der Waals surface area contributed by atoms with Crippen LogP contribution in [0.3, 0.4) is 0 Å². The number of carboxylic acid groups (broad SMARTS) is 1. The average molecular weight is 323 g/mol. The van der Waals surface area contributed by atoms with E-state index in [9.17, 15) is 14.0 Å². The molecule has 20 heavy (non-hydrogen) atoms. The number of carbonyl (C=O) groups is 2.